The van der Waals surface area contributed by atoms with E-state index >= 15 is 0 Å². The van der Waals surface area contributed by atoms with Gasteiger partial charge in [0.1, 0.15) is 5.82 Å². The average Bonchev–Trinajstić information content (AvgIpc) is 2.73. The van der Waals surface area contributed by atoms with Crippen molar-refractivity contribution in [3.05, 3.63) is 35.7 Å². The van der Waals surface area contributed by atoms with Crippen LogP contribution in [0.2, 0.25) is 0 Å². The number of amides is 1. The lowest BCUT2D eigenvalue weighted by atomic mass is 10.2. The quantitative estimate of drug-likeness (QED) is 0.769. The standard InChI is InChI=1S/C11H13N5O3S/c1-7-12-11(15-14-7)13-10(17)8-3-5-9(6-4-8)16-20(2,18)19/h3-6,16H,1-2H3,(H2,12,13,14,15,17). The van der Waals surface area contributed by atoms with Crippen molar-refractivity contribution in [2.45, 2.75) is 6.92 Å². The number of sulfonamides is 1. The Hall–Kier alpha value is -2.42. The first-order chi connectivity index (χ1) is 9.33. The topological polar surface area (TPSA) is 117 Å². The van der Waals surface area contributed by atoms with Crippen molar-refractivity contribution in [2.75, 3.05) is 16.3 Å². The van der Waals surface area contributed by atoms with E-state index in [4.69, 9.17) is 0 Å². The van der Waals surface area contributed by atoms with Crippen molar-refractivity contribution < 1.29 is 13.2 Å². The third-order valence-corrected chi connectivity index (χ3v) is 2.88. The highest BCUT2D eigenvalue weighted by Gasteiger charge is 2.09. The summed E-state index contributed by atoms with van der Waals surface area (Å²) in [5, 5.41) is 8.91. The van der Waals surface area contributed by atoms with Crippen molar-refractivity contribution in [1.29, 1.82) is 0 Å². The van der Waals surface area contributed by atoms with Gasteiger partial charge < -0.3 is 0 Å². The predicted octanol–water partition coefficient (Wildman–Crippen LogP) is 0.737. The molecule has 0 spiro atoms. The van der Waals surface area contributed by atoms with Crippen LogP contribution in [-0.2, 0) is 10.0 Å². The molecule has 1 amide bonds. The molecule has 0 aliphatic rings. The number of aromatic nitrogens is 3. The zero-order valence-electron chi connectivity index (χ0n) is 10.8. The first-order valence-corrected chi connectivity index (χ1v) is 7.51. The fourth-order valence-corrected chi connectivity index (χ4v) is 2.04. The van der Waals surface area contributed by atoms with E-state index in [0.717, 1.165) is 6.26 Å². The van der Waals surface area contributed by atoms with Gasteiger partial charge >= 0.3 is 0 Å². The maximum atomic E-state index is 11.9. The van der Waals surface area contributed by atoms with Gasteiger partial charge in [-0.25, -0.2) is 8.42 Å². The Morgan fingerprint density at radius 3 is 2.40 bits per heavy atom. The number of hydrogen-bond donors (Lipinski definition) is 3. The van der Waals surface area contributed by atoms with Gasteiger partial charge in [0, 0.05) is 11.3 Å². The second-order valence-corrected chi connectivity index (χ2v) is 5.90. The predicted molar refractivity (Wildman–Crippen MR) is 74.0 cm³/mol. The van der Waals surface area contributed by atoms with Crippen LogP contribution in [0, 0.1) is 6.92 Å². The number of benzene rings is 1. The van der Waals surface area contributed by atoms with E-state index < -0.39 is 10.0 Å². The van der Waals surface area contributed by atoms with Gasteiger partial charge in [-0.3, -0.25) is 19.9 Å². The molecule has 20 heavy (non-hydrogen) atoms. The van der Waals surface area contributed by atoms with Gasteiger partial charge in [-0.15, -0.1) is 5.10 Å². The number of nitrogens with one attached hydrogen (secondary N) is 3. The Kier molecular flexibility index (Phi) is 3.70. The lowest BCUT2D eigenvalue weighted by Crippen LogP contribution is -2.13. The highest BCUT2D eigenvalue weighted by Crippen LogP contribution is 2.12. The Morgan fingerprint density at radius 1 is 1.25 bits per heavy atom. The molecule has 0 unspecified atom stereocenters. The molecule has 0 radical (unpaired) electrons. The summed E-state index contributed by atoms with van der Waals surface area (Å²) >= 11 is 0. The Balaban J connectivity index is 2.07. The zero-order chi connectivity index (χ0) is 14.8. The lowest BCUT2D eigenvalue weighted by molar-refractivity contribution is 0.102. The molecule has 0 aliphatic carbocycles. The van der Waals surface area contributed by atoms with Crippen molar-refractivity contribution in [3.8, 4) is 0 Å². The third kappa shape index (κ3) is 3.79. The van der Waals surface area contributed by atoms with Gasteiger partial charge in [0.05, 0.1) is 6.26 Å². The van der Waals surface area contributed by atoms with Gasteiger partial charge in [-0.05, 0) is 31.2 Å². The highest BCUT2D eigenvalue weighted by molar-refractivity contribution is 7.92. The van der Waals surface area contributed by atoms with Crippen molar-refractivity contribution in [3.63, 3.8) is 0 Å². The van der Waals surface area contributed by atoms with Gasteiger partial charge in [-0.1, -0.05) is 0 Å². The van der Waals surface area contributed by atoms with Crippen molar-refractivity contribution in [2.24, 2.45) is 0 Å². The number of H-pyrrole nitrogens is 1. The zero-order valence-corrected chi connectivity index (χ0v) is 11.7. The molecule has 106 valence electrons. The summed E-state index contributed by atoms with van der Waals surface area (Å²) in [6.45, 7) is 1.72. The summed E-state index contributed by atoms with van der Waals surface area (Å²) in [7, 11) is -3.33. The first kappa shape index (κ1) is 14.0. The molecule has 1 aromatic carbocycles. The number of carbonyl (C=O) groups excluding carboxylic acids is 1. The second-order valence-electron chi connectivity index (χ2n) is 4.15. The maximum absolute atomic E-state index is 11.9. The van der Waals surface area contributed by atoms with Gasteiger partial charge in [-0.2, -0.15) is 4.98 Å². The molecule has 0 bridgehead atoms. The summed E-state index contributed by atoms with van der Waals surface area (Å²) in [6, 6.07) is 6.00. The van der Waals surface area contributed by atoms with Gasteiger partial charge in [0.2, 0.25) is 16.0 Å². The molecule has 3 N–H and O–H groups in total. The van der Waals surface area contributed by atoms with Crippen LogP contribution in [0.5, 0.6) is 0 Å². The smallest absolute Gasteiger partial charge is 0.258 e. The fraction of sp³-hybridized carbons (Fsp3) is 0.182. The van der Waals surface area contributed by atoms with Crippen LogP contribution < -0.4 is 10.0 Å². The number of aryl methyl sites for hydroxylation is 1. The Morgan fingerprint density at radius 2 is 1.90 bits per heavy atom. The molecule has 1 heterocycles. The molecule has 0 saturated carbocycles. The minimum Gasteiger partial charge on any atom is -0.289 e. The SMILES string of the molecule is Cc1nc(NC(=O)c2ccc(NS(C)(=O)=O)cc2)n[nH]1. The Bertz CT molecular complexity index is 721. The maximum Gasteiger partial charge on any atom is 0.258 e. The molecule has 2 rings (SSSR count). The summed E-state index contributed by atoms with van der Waals surface area (Å²) in [5.74, 6) is 0.397. The molecule has 0 fully saturated rings. The third-order valence-electron chi connectivity index (χ3n) is 2.27. The number of carbonyl (C=O) groups is 1. The molecule has 0 saturated heterocycles. The fourth-order valence-electron chi connectivity index (χ4n) is 1.48. The number of aromatic amines is 1. The van der Waals surface area contributed by atoms with Crippen molar-refractivity contribution in [1.82, 2.24) is 15.2 Å². The second kappa shape index (κ2) is 5.29. The first-order valence-electron chi connectivity index (χ1n) is 5.62. The average molecular weight is 295 g/mol. The highest BCUT2D eigenvalue weighted by atomic mass is 32.2. The molecular weight excluding hydrogens is 282 g/mol. The Labute approximate surface area is 115 Å². The molecule has 8 nitrogen and oxygen atoms in total. The number of nitrogens with zero attached hydrogens (tertiary/aromatic N) is 2. The van der Waals surface area contributed by atoms with Crippen LogP contribution in [0.1, 0.15) is 16.2 Å². The van der Waals surface area contributed by atoms with E-state index in [2.05, 4.69) is 25.2 Å². The van der Waals surface area contributed by atoms with Crippen molar-refractivity contribution >= 4 is 27.6 Å². The van der Waals surface area contributed by atoms with E-state index in [0.29, 0.717) is 17.1 Å². The molecule has 0 aliphatic heterocycles. The van der Waals surface area contributed by atoms with Crippen LogP contribution in [-0.4, -0.2) is 35.8 Å². The van der Waals surface area contributed by atoms with Gasteiger partial charge in [0.25, 0.3) is 5.91 Å². The molecule has 0 atom stereocenters. The van der Waals surface area contributed by atoms with E-state index in [1.165, 1.54) is 24.3 Å². The van der Waals surface area contributed by atoms with E-state index in [9.17, 15) is 13.2 Å². The number of hydrogen-bond acceptors (Lipinski definition) is 5. The summed E-state index contributed by atoms with van der Waals surface area (Å²) in [5.41, 5.74) is 0.754. The summed E-state index contributed by atoms with van der Waals surface area (Å²) in [6.07, 6.45) is 1.05. The number of rotatable bonds is 4. The summed E-state index contributed by atoms with van der Waals surface area (Å²) < 4.78 is 24.4. The largest absolute Gasteiger partial charge is 0.289 e. The van der Waals surface area contributed by atoms with Crippen LogP contribution >= 0.6 is 0 Å². The minimum absolute atomic E-state index is 0.186. The molecule has 9 heteroatoms. The van der Waals surface area contributed by atoms with E-state index in [-0.39, 0.29) is 11.9 Å². The van der Waals surface area contributed by atoms with E-state index in [1.54, 1.807) is 6.92 Å². The van der Waals surface area contributed by atoms with Crippen LogP contribution in [0.3, 0.4) is 0 Å². The van der Waals surface area contributed by atoms with Crippen LogP contribution in [0.15, 0.2) is 24.3 Å². The van der Waals surface area contributed by atoms with E-state index in [1.807, 2.05) is 0 Å². The minimum atomic E-state index is -3.33. The van der Waals surface area contributed by atoms with Gasteiger partial charge in [0.15, 0.2) is 0 Å². The van der Waals surface area contributed by atoms with Crippen LogP contribution in [0.25, 0.3) is 0 Å². The molecular formula is C11H13N5O3S. The van der Waals surface area contributed by atoms with Crippen LogP contribution in [0.4, 0.5) is 11.6 Å². The monoisotopic (exact) mass is 295 g/mol. The number of anilines is 2. The normalized spacial score (nSPS) is 11.1. The summed E-state index contributed by atoms with van der Waals surface area (Å²) in [4.78, 5) is 15.8. The lowest BCUT2D eigenvalue weighted by Gasteiger charge is -2.05. The molecule has 1 aromatic heterocycles. The molecule has 2 aromatic rings.